The first-order valence-electron chi connectivity index (χ1n) is 6.89. The second-order valence-electron chi connectivity index (χ2n) is 4.83. The summed E-state index contributed by atoms with van der Waals surface area (Å²) in [5.41, 5.74) is 5.24. The zero-order valence-corrected chi connectivity index (χ0v) is 11.9. The lowest BCUT2D eigenvalue weighted by Crippen LogP contribution is -2.05. The molecular weight excluding hydrogens is 232 g/mol. The van der Waals surface area contributed by atoms with Crippen LogP contribution in [-0.4, -0.2) is 5.78 Å². The van der Waals surface area contributed by atoms with Crippen LogP contribution in [-0.2, 0) is 12.8 Å². The molecule has 0 saturated heterocycles. The van der Waals surface area contributed by atoms with Crippen LogP contribution in [0.2, 0.25) is 0 Å². The monoisotopic (exact) mass is 252 g/mol. The van der Waals surface area contributed by atoms with Crippen molar-refractivity contribution in [2.45, 2.75) is 33.6 Å². The third-order valence-electron chi connectivity index (χ3n) is 3.62. The van der Waals surface area contributed by atoms with Crippen molar-refractivity contribution in [1.29, 1.82) is 0 Å². The predicted octanol–water partition coefficient (Wildman–Crippen LogP) is 4.35. The summed E-state index contributed by atoms with van der Waals surface area (Å²) in [6.45, 7) is 6.27. The van der Waals surface area contributed by atoms with Gasteiger partial charge in [0.1, 0.15) is 0 Å². The van der Waals surface area contributed by atoms with Gasteiger partial charge in [-0.25, -0.2) is 0 Å². The molecule has 0 spiro atoms. The van der Waals surface area contributed by atoms with Crippen molar-refractivity contribution >= 4 is 5.78 Å². The van der Waals surface area contributed by atoms with E-state index in [4.69, 9.17) is 0 Å². The van der Waals surface area contributed by atoms with Crippen molar-refractivity contribution in [1.82, 2.24) is 0 Å². The molecular formula is C18H20O. The fourth-order valence-electron chi connectivity index (χ4n) is 2.42. The number of carbonyl (C=O) groups excluding carboxylic acids is 1. The molecule has 0 amide bonds. The molecule has 0 atom stereocenters. The van der Waals surface area contributed by atoms with Gasteiger partial charge in [0.15, 0.2) is 5.78 Å². The van der Waals surface area contributed by atoms with Crippen molar-refractivity contribution in [3.05, 3.63) is 70.3 Å². The van der Waals surface area contributed by atoms with Crippen LogP contribution in [0.25, 0.3) is 0 Å². The van der Waals surface area contributed by atoms with Gasteiger partial charge >= 0.3 is 0 Å². The first-order valence-corrected chi connectivity index (χ1v) is 6.89. The highest BCUT2D eigenvalue weighted by Gasteiger charge is 2.12. The Morgan fingerprint density at radius 2 is 1.63 bits per heavy atom. The number of benzene rings is 2. The normalized spacial score (nSPS) is 10.5. The van der Waals surface area contributed by atoms with Crippen molar-refractivity contribution in [3.8, 4) is 0 Å². The maximum atomic E-state index is 12.5. The maximum absolute atomic E-state index is 12.5. The Kier molecular flexibility index (Phi) is 4.16. The summed E-state index contributed by atoms with van der Waals surface area (Å²) in [5.74, 6) is 0.121. The summed E-state index contributed by atoms with van der Waals surface area (Å²) in [6.07, 6.45) is 1.99. The van der Waals surface area contributed by atoms with Crippen LogP contribution in [0.5, 0.6) is 0 Å². The Labute approximate surface area is 115 Å². The van der Waals surface area contributed by atoms with Gasteiger partial charge in [0, 0.05) is 11.1 Å². The molecule has 0 radical (unpaired) electrons. The average Bonchev–Trinajstić information content (AvgIpc) is 2.46. The number of aryl methyl sites for hydroxylation is 3. The molecule has 0 aliphatic heterocycles. The number of hydrogen-bond acceptors (Lipinski definition) is 1. The number of rotatable bonds is 4. The summed E-state index contributed by atoms with van der Waals surface area (Å²) in [7, 11) is 0. The highest BCUT2D eigenvalue weighted by atomic mass is 16.1. The van der Waals surface area contributed by atoms with Crippen molar-refractivity contribution in [3.63, 3.8) is 0 Å². The second kappa shape index (κ2) is 5.83. The zero-order chi connectivity index (χ0) is 13.8. The minimum absolute atomic E-state index is 0.121. The van der Waals surface area contributed by atoms with Crippen LogP contribution in [0.4, 0.5) is 0 Å². The molecule has 0 N–H and O–H groups in total. The summed E-state index contributed by atoms with van der Waals surface area (Å²) < 4.78 is 0. The predicted molar refractivity (Wildman–Crippen MR) is 79.8 cm³/mol. The lowest BCUT2D eigenvalue weighted by molar-refractivity contribution is 0.103. The molecule has 2 rings (SSSR count). The Bertz CT molecular complexity index is 596. The third-order valence-corrected chi connectivity index (χ3v) is 3.62. The van der Waals surface area contributed by atoms with E-state index in [9.17, 15) is 4.79 Å². The van der Waals surface area contributed by atoms with Crippen LogP contribution in [0.3, 0.4) is 0 Å². The summed E-state index contributed by atoms with van der Waals surface area (Å²) >= 11 is 0. The standard InChI is InChI=1S/C18H20O/c1-4-14-10-11-16(12-15(14)5-2)18(19)17-9-7-6-8-13(17)3/h6-12H,4-5H2,1-3H3. The smallest absolute Gasteiger partial charge is 0.193 e. The zero-order valence-electron chi connectivity index (χ0n) is 11.9. The number of carbonyl (C=O) groups is 1. The van der Waals surface area contributed by atoms with Crippen LogP contribution < -0.4 is 0 Å². The van der Waals surface area contributed by atoms with E-state index in [0.717, 1.165) is 29.5 Å². The molecule has 1 nitrogen and oxygen atoms in total. The molecule has 1 heteroatoms. The van der Waals surface area contributed by atoms with Crippen LogP contribution in [0.1, 0.15) is 46.5 Å². The lowest BCUT2D eigenvalue weighted by atomic mass is 9.94. The summed E-state index contributed by atoms with van der Waals surface area (Å²) in [5, 5.41) is 0. The Hall–Kier alpha value is -1.89. The van der Waals surface area contributed by atoms with Crippen LogP contribution >= 0.6 is 0 Å². The number of hydrogen-bond donors (Lipinski definition) is 0. The topological polar surface area (TPSA) is 17.1 Å². The fraction of sp³-hybridized carbons (Fsp3) is 0.278. The van der Waals surface area contributed by atoms with Gasteiger partial charge in [-0.2, -0.15) is 0 Å². The average molecular weight is 252 g/mol. The molecule has 0 aromatic heterocycles. The largest absolute Gasteiger partial charge is 0.289 e. The van der Waals surface area contributed by atoms with E-state index in [-0.39, 0.29) is 5.78 Å². The Balaban J connectivity index is 2.42. The van der Waals surface area contributed by atoms with E-state index in [1.807, 2.05) is 43.3 Å². The van der Waals surface area contributed by atoms with Gasteiger partial charge in [0.05, 0.1) is 0 Å². The third kappa shape index (κ3) is 2.76. The van der Waals surface area contributed by atoms with Gasteiger partial charge in [-0.05, 0) is 42.5 Å². The second-order valence-corrected chi connectivity index (χ2v) is 4.83. The first-order chi connectivity index (χ1) is 9.17. The molecule has 98 valence electrons. The minimum atomic E-state index is 0.121. The Morgan fingerprint density at radius 1 is 0.947 bits per heavy atom. The van der Waals surface area contributed by atoms with Gasteiger partial charge in [-0.3, -0.25) is 4.79 Å². The van der Waals surface area contributed by atoms with Crippen molar-refractivity contribution in [2.24, 2.45) is 0 Å². The van der Waals surface area contributed by atoms with E-state index in [0.29, 0.717) is 0 Å². The number of ketones is 1. The van der Waals surface area contributed by atoms with Crippen molar-refractivity contribution < 1.29 is 4.79 Å². The van der Waals surface area contributed by atoms with Crippen molar-refractivity contribution in [2.75, 3.05) is 0 Å². The molecule has 19 heavy (non-hydrogen) atoms. The van der Waals surface area contributed by atoms with Gasteiger partial charge in [-0.1, -0.05) is 50.2 Å². The highest BCUT2D eigenvalue weighted by Crippen LogP contribution is 2.18. The molecule has 0 heterocycles. The molecule has 0 bridgehead atoms. The summed E-state index contributed by atoms with van der Waals surface area (Å²) in [6, 6.07) is 13.8. The van der Waals surface area contributed by atoms with E-state index < -0.39 is 0 Å². The molecule has 0 saturated carbocycles. The van der Waals surface area contributed by atoms with E-state index in [1.54, 1.807) is 0 Å². The first kappa shape index (κ1) is 13.5. The fourth-order valence-corrected chi connectivity index (χ4v) is 2.42. The highest BCUT2D eigenvalue weighted by molar-refractivity contribution is 6.10. The van der Waals surface area contributed by atoms with E-state index >= 15 is 0 Å². The molecule has 0 aliphatic rings. The quantitative estimate of drug-likeness (QED) is 0.739. The van der Waals surface area contributed by atoms with Gasteiger partial charge < -0.3 is 0 Å². The van der Waals surface area contributed by atoms with E-state index in [1.165, 1.54) is 11.1 Å². The summed E-state index contributed by atoms with van der Waals surface area (Å²) in [4.78, 5) is 12.5. The lowest BCUT2D eigenvalue weighted by Gasteiger charge is -2.09. The van der Waals surface area contributed by atoms with Gasteiger partial charge in [-0.15, -0.1) is 0 Å². The van der Waals surface area contributed by atoms with E-state index in [2.05, 4.69) is 19.9 Å². The van der Waals surface area contributed by atoms with Gasteiger partial charge in [0.2, 0.25) is 0 Å². The minimum Gasteiger partial charge on any atom is -0.289 e. The SMILES string of the molecule is CCc1ccc(C(=O)c2ccccc2C)cc1CC. The van der Waals surface area contributed by atoms with Crippen LogP contribution in [0.15, 0.2) is 42.5 Å². The van der Waals surface area contributed by atoms with Crippen LogP contribution in [0, 0.1) is 6.92 Å². The molecule has 2 aromatic rings. The van der Waals surface area contributed by atoms with Gasteiger partial charge in [0.25, 0.3) is 0 Å². The maximum Gasteiger partial charge on any atom is 0.193 e. The Morgan fingerprint density at radius 3 is 2.26 bits per heavy atom. The molecule has 0 aliphatic carbocycles. The molecule has 2 aromatic carbocycles. The molecule has 0 fully saturated rings. The molecule has 0 unspecified atom stereocenters.